The Hall–Kier alpha value is -1.62. The molecule has 4 rings (SSSR count). The number of nitrogens with zero attached hydrogens (tertiary/aromatic N) is 5. The molecule has 1 saturated carbocycles. The molecular weight excluding hydrogens is 310 g/mol. The van der Waals surface area contributed by atoms with Gasteiger partial charge >= 0.3 is 0 Å². The fraction of sp³-hybridized carbons (Fsp3) is 0.700. The average molecular weight is 342 g/mol. The fourth-order valence-electron chi connectivity index (χ4n) is 4.66. The van der Waals surface area contributed by atoms with Crippen molar-refractivity contribution < 1.29 is 0 Å². The Bertz CT molecular complexity index is 626. The number of hydrogen-bond acceptors (Lipinski definition) is 3. The number of imidazole rings is 1. The van der Waals surface area contributed by atoms with Gasteiger partial charge in [-0.25, -0.2) is 4.98 Å². The number of aryl methyl sites for hydroxylation is 1. The van der Waals surface area contributed by atoms with Crippen LogP contribution in [0.2, 0.25) is 0 Å². The van der Waals surface area contributed by atoms with E-state index in [1.807, 2.05) is 12.3 Å². The summed E-state index contributed by atoms with van der Waals surface area (Å²) < 4.78 is 4.55. The molecule has 5 nitrogen and oxygen atoms in total. The molecule has 0 radical (unpaired) electrons. The van der Waals surface area contributed by atoms with E-state index in [-0.39, 0.29) is 0 Å². The summed E-state index contributed by atoms with van der Waals surface area (Å²) in [4.78, 5) is 7.19. The summed E-state index contributed by atoms with van der Waals surface area (Å²) in [6.07, 6.45) is 20.1. The number of likely N-dealkylation sites (tertiary alicyclic amines) is 1. The van der Waals surface area contributed by atoms with E-state index < -0.39 is 0 Å². The van der Waals surface area contributed by atoms with Gasteiger partial charge in [-0.05, 0) is 44.7 Å². The van der Waals surface area contributed by atoms with Crippen molar-refractivity contribution in [3.63, 3.8) is 0 Å². The number of piperidine rings is 1. The maximum absolute atomic E-state index is 4.50. The van der Waals surface area contributed by atoms with Gasteiger partial charge < -0.3 is 4.57 Å². The van der Waals surface area contributed by atoms with E-state index in [4.69, 9.17) is 0 Å². The zero-order valence-corrected chi connectivity index (χ0v) is 15.3. The van der Waals surface area contributed by atoms with Crippen LogP contribution in [0.1, 0.15) is 69.5 Å². The highest BCUT2D eigenvalue weighted by molar-refractivity contribution is 5.02. The van der Waals surface area contributed by atoms with Crippen LogP contribution in [0.25, 0.3) is 0 Å². The van der Waals surface area contributed by atoms with E-state index in [1.165, 1.54) is 70.0 Å². The Morgan fingerprint density at radius 1 is 1.04 bits per heavy atom. The van der Waals surface area contributed by atoms with Crippen LogP contribution in [0.4, 0.5) is 0 Å². The molecule has 2 aromatic rings. The number of hydrogen-bond donors (Lipinski definition) is 0. The predicted molar refractivity (Wildman–Crippen MR) is 99.2 cm³/mol. The van der Waals surface area contributed by atoms with Crippen molar-refractivity contribution in [3.8, 4) is 0 Å². The van der Waals surface area contributed by atoms with Crippen molar-refractivity contribution in [1.29, 1.82) is 0 Å². The zero-order chi connectivity index (χ0) is 16.9. The molecule has 0 spiro atoms. The van der Waals surface area contributed by atoms with E-state index in [0.29, 0.717) is 12.1 Å². The summed E-state index contributed by atoms with van der Waals surface area (Å²) in [5.74, 6) is 0. The Balaban J connectivity index is 1.40. The van der Waals surface area contributed by atoms with Gasteiger partial charge in [0.05, 0.1) is 12.0 Å². The van der Waals surface area contributed by atoms with Crippen LogP contribution in [-0.4, -0.2) is 36.8 Å². The van der Waals surface area contributed by atoms with E-state index >= 15 is 0 Å². The van der Waals surface area contributed by atoms with Crippen LogP contribution in [0.15, 0.2) is 31.0 Å². The van der Waals surface area contributed by atoms with Crippen molar-refractivity contribution in [2.75, 3.05) is 6.54 Å². The third-order valence-electron chi connectivity index (χ3n) is 6.08. The molecule has 2 aliphatic rings. The second-order valence-electron chi connectivity index (χ2n) is 7.76. The lowest BCUT2D eigenvalue weighted by molar-refractivity contribution is 0.123. The summed E-state index contributed by atoms with van der Waals surface area (Å²) >= 11 is 0. The van der Waals surface area contributed by atoms with Crippen LogP contribution < -0.4 is 0 Å². The minimum atomic E-state index is 0.674. The molecule has 1 aliphatic heterocycles. The van der Waals surface area contributed by atoms with E-state index in [2.05, 4.69) is 43.0 Å². The first-order valence-corrected chi connectivity index (χ1v) is 10.1. The van der Waals surface area contributed by atoms with Crippen LogP contribution in [0.5, 0.6) is 0 Å². The molecule has 0 aromatic carbocycles. The Labute approximate surface area is 151 Å². The molecule has 25 heavy (non-hydrogen) atoms. The molecule has 2 fully saturated rings. The molecule has 2 aromatic heterocycles. The Morgan fingerprint density at radius 3 is 2.76 bits per heavy atom. The molecule has 1 atom stereocenters. The van der Waals surface area contributed by atoms with Crippen molar-refractivity contribution in [1.82, 2.24) is 24.2 Å². The second kappa shape index (κ2) is 8.17. The smallest absolute Gasteiger partial charge is 0.0951 e. The van der Waals surface area contributed by atoms with Crippen molar-refractivity contribution in [3.05, 3.63) is 36.7 Å². The zero-order valence-electron chi connectivity index (χ0n) is 15.3. The first-order chi connectivity index (χ1) is 12.4. The number of rotatable bonds is 6. The van der Waals surface area contributed by atoms with E-state index in [9.17, 15) is 0 Å². The highest BCUT2D eigenvalue weighted by atomic mass is 15.3. The van der Waals surface area contributed by atoms with Gasteiger partial charge in [0.1, 0.15) is 0 Å². The molecule has 5 heteroatoms. The molecule has 0 N–H and O–H groups in total. The lowest BCUT2D eigenvalue weighted by Gasteiger charge is -2.36. The molecule has 0 unspecified atom stereocenters. The van der Waals surface area contributed by atoms with Crippen molar-refractivity contribution in [2.24, 2.45) is 0 Å². The van der Waals surface area contributed by atoms with Gasteiger partial charge in [-0.1, -0.05) is 25.7 Å². The lowest BCUT2D eigenvalue weighted by atomic mass is 9.95. The van der Waals surface area contributed by atoms with Crippen molar-refractivity contribution >= 4 is 0 Å². The van der Waals surface area contributed by atoms with Crippen molar-refractivity contribution in [2.45, 2.75) is 83.0 Å². The monoisotopic (exact) mass is 341 g/mol. The summed E-state index contributed by atoms with van der Waals surface area (Å²) in [5.41, 5.74) is 1.41. The third-order valence-corrected chi connectivity index (χ3v) is 6.08. The van der Waals surface area contributed by atoms with E-state index in [1.54, 1.807) is 0 Å². The average Bonchev–Trinajstić information content (AvgIpc) is 3.33. The Kier molecular flexibility index (Phi) is 5.50. The van der Waals surface area contributed by atoms with Gasteiger partial charge in [0, 0.05) is 43.8 Å². The molecule has 1 saturated heterocycles. The van der Waals surface area contributed by atoms with Crippen LogP contribution in [-0.2, 0) is 13.1 Å². The summed E-state index contributed by atoms with van der Waals surface area (Å²) in [7, 11) is 0. The number of aromatic nitrogens is 4. The van der Waals surface area contributed by atoms with Crippen LogP contribution >= 0.6 is 0 Å². The van der Waals surface area contributed by atoms with Gasteiger partial charge in [-0.15, -0.1) is 0 Å². The second-order valence-corrected chi connectivity index (χ2v) is 7.76. The molecule has 1 aliphatic carbocycles. The topological polar surface area (TPSA) is 38.9 Å². The standard InChI is InChI=1S/C20H31N5/c1-2-8-19(9-3-1)25-17-21-15-20(25)16-23-12-5-4-7-18(23)10-14-24-13-6-11-22-24/h6,11,13,15,17-19H,1-5,7-10,12,14,16H2/t18-/m1/s1. The molecular formula is C20H31N5. The fourth-order valence-corrected chi connectivity index (χ4v) is 4.66. The minimum Gasteiger partial charge on any atom is -0.330 e. The summed E-state index contributed by atoms with van der Waals surface area (Å²) in [5, 5.41) is 4.36. The third kappa shape index (κ3) is 4.14. The van der Waals surface area contributed by atoms with Crippen LogP contribution in [0.3, 0.4) is 0 Å². The first-order valence-electron chi connectivity index (χ1n) is 10.1. The highest BCUT2D eigenvalue weighted by Gasteiger charge is 2.25. The minimum absolute atomic E-state index is 0.674. The normalized spacial score (nSPS) is 23.1. The largest absolute Gasteiger partial charge is 0.330 e. The highest BCUT2D eigenvalue weighted by Crippen LogP contribution is 2.30. The first kappa shape index (κ1) is 16.8. The molecule has 0 amide bonds. The molecule has 136 valence electrons. The van der Waals surface area contributed by atoms with Gasteiger partial charge in [-0.3, -0.25) is 9.58 Å². The predicted octanol–water partition coefficient (Wildman–Crippen LogP) is 4.03. The lowest BCUT2D eigenvalue weighted by Crippen LogP contribution is -2.40. The quantitative estimate of drug-likeness (QED) is 0.796. The van der Waals surface area contributed by atoms with Gasteiger partial charge in [0.2, 0.25) is 0 Å². The summed E-state index contributed by atoms with van der Waals surface area (Å²) in [6, 6.07) is 3.37. The maximum Gasteiger partial charge on any atom is 0.0951 e. The van der Waals surface area contributed by atoms with Gasteiger partial charge in [0.15, 0.2) is 0 Å². The Morgan fingerprint density at radius 2 is 1.92 bits per heavy atom. The van der Waals surface area contributed by atoms with Gasteiger partial charge in [0.25, 0.3) is 0 Å². The van der Waals surface area contributed by atoms with E-state index in [0.717, 1.165) is 13.1 Å². The molecule has 0 bridgehead atoms. The van der Waals surface area contributed by atoms with Crippen LogP contribution in [0, 0.1) is 0 Å². The molecule has 3 heterocycles. The maximum atomic E-state index is 4.50. The van der Waals surface area contributed by atoms with Gasteiger partial charge in [-0.2, -0.15) is 5.10 Å². The SMILES string of the molecule is c1cnn(CC[C@H]2CCCCN2Cc2cncn2C2CCCCC2)c1. The summed E-state index contributed by atoms with van der Waals surface area (Å²) in [6.45, 7) is 3.30.